The third-order valence-electron chi connectivity index (χ3n) is 3.17. The molecule has 112 valence electrons. The minimum atomic E-state index is -0.234. The standard InChI is InChI=1S/C14H17BrN4OS/c1-4-19(3)14-18-12(16)11(21-14)13(20)17-10-7-5-6-9(15)8(10)2/h5-7H,4,16H2,1-3H3,(H,17,20). The van der Waals surface area contributed by atoms with Crippen molar-refractivity contribution >= 4 is 49.8 Å². The number of thiazole rings is 1. The molecule has 0 fully saturated rings. The van der Waals surface area contributed by atoms with Gasteiger partial charge in [0.05, 0.1) is 0 Å². The first-order chi connectivity index (χ1) is 9.93. The number of carbonyl (C=O) groups is 1. The fourth-order valence-electron chi connectivity index (χ4n) is 1.70. The maximum atomic E-state index is 12.4. The number of hydrogen-bond donors (Lipinski definition) is 2. The summed E-state index contributed by atoms with van der Waals surface area (Å²) < 4.78 is 0.948. The van der Waals surface area contributed by atoms with E-state index in [1.54, 1.807) is 0 Å². The van der Waals surface area contributed by atoms with Crippen LogP contribution >= 0.6 is 27.3 Å². The number of benzene rings is 1. The molecule has 0 spiro atoms. The van der Waals surface area contributed by atoms with Crippen LogP contribution in [-0.4, -0.2) is 24.5 Å². The van der Waals surface area contributed by atoms with E-state index in [1.807, 2.05) is 44.0 Å². The molecule has 3 N–H and O–H groups in total. The van der Waals surface area contributed by atoms with Gasteiger partial charge in [-0.3, -0.25) is 4.79 Å². The molecule has 5 nitrogen and oxygen atoms in total. The number of nitrogens with one attached hydrogen (secondary N) is 1. The van der Waals surface area contributed by atoms with Crippen molar-refractivity contribution < 1.29 is 4.79 Å². The van der Waals surface area contributed by atoms with Crippen LogP contribution in [0.4, 0.5) is 16.6 Å². The summed E-state index contributed by atoms with van der Waals surface area (Å²) in [7, 11) is 1.92. The van der Waals surface area contributed by atoms with E-state index >= 15 is 0 Å². The van der Waals surface area contributed by atoms with Crippen molar-refractivity contribution in [2.75, 3.05) is 29.5 Å². The molecule has 0 saturated carbocycles. The summed E-state index contributed by atoms with van der Waals surface area (Å²) in [5, 5.41) is 3.62. The molecule has 2 rings (SSSR count). The highest BCUT2D eigenvalue weighted by Gasteiger charge is 2.18. The van der Waals surface area contributed by atoms with E-state index in [1.165, 1.54) is 11.3 Å². The zero-order valence-electron chi connectivity index (χ0n) is 12.1. The number of nitrogen functional groups attached to an aromatic ring is 1. The Morgan fingerprint density at radius 2 is 2.24 bits per heavy atom. The van der Waals surface area contributed by atoms with Gasteiger partial charge in [-0.15, -0.1) is 0 Å². The Kier molecular flexibility index (Phi) is 4.84. The fraction of sp³-hybridized carbons (Fsp3) is 0.286. The Balaban J connectivity index is 2.25. The number of anilines is 3. The van der Waals surface area contributed by atoms with Gasteiger partial charge < -0.3 is 16.0 Å². The maximum absolute atomic E-state index is 12.4. The van der Waals surface area contributed by atoms with Crippen LogP contribution < -0.4 is 16.0 Å². The van der Waals surface area contributed by atoms with E-state index in [0.717, 1.165) is 27.4 Å². The van der Waals surface area contributed by atoms with Gasteiger partial charge in [0.1, 0.15) is 10.7 Å². The minimum Gasteiger partial charge on any atom is -0.382 e. The van der Waals surface area contributed by atoms with Gasteiger partial charge in [-0.1, -0.05) is 33.3 Å². The van der Waals surface area contributed by atoms with E-state index in [2.05, 4.69) is 26.2 Å². The molecule has 0 radical (unpaired) electrons. The summed E-state index contributed by atoms with van der Waals surface area (Å²) in [6.07, 6.45) is 0. The summed E-state index contributed by atoms with van der Waals surface area (Å²) >= 11 is 4.74. The number of aromatic nitrogens is 1. The molecule has 1 amide bonds. The van der Waals surface area contributed by atoms with Gasteiger partial charge in [0.2, 0.25) is 0 Å². The SMILES string of the molecule is CCN(C)c1nc(N)c(C(=O)Nc2cccc(Br)c2C)s1. The first-order valence-electron chi connectivity index (χ1n) is 6.48. The zero-order chi connectivity index (χ0) is 15.6. The molecular formula is C14H17BrN4OS. The average molecular weight is 369 g/mol. The predicted molar refractivity (Wildman–Crippen MR) is 92.3 cm³/mol. The summed E-state index contributed by atoms with van der Waals surface area (Å²) in [6, 6.07) is 5.66. The second kappa shape index (κ2) is 6.44. The van der Waals surface area contributed by atoms with Gasteiger partial charge in [0.25, 0.3) is 5.91 Å². The lowest BCUT2D eigenvalue weighted by Crippen LogP contribution is -2.15. The van der Waals surface area contributed by atoms with Gasteiger partial charge in [-0.25, -0.2) is 4.98 Å². The van der Waals surface area contributed by atoms with Crippen molar-refractivity contribution in [3.8, 4) is 0 Å². The number of hydrogen-bond acceptors (Lipinski definition) is 5. The predicted octanol–water partition coefficient (Wildman–Crippen LogP) is 3.50. The molecule has 0 aliphatic carbocycles. The second-order valence-electron chi connectivity index (χ2n) is 4.59. The van der Waals surface area contributed by atoms with Crippen molar-refractivity contribution in [3.63, 3.8) is 0 Å². The van der Waals surface area contributed by atoms with E-state index in [4.69, 9.17) is 5.73 Å². The number of nitrogens with zero attached hydrogens (tertiary/aromatic N) is 2. The molecule has 2 aromatic rings. The first kappa shape index (κ1) is 15.8. The molecule has 7 heteroatoms. The van der Waals surface area contributed by atoms with Crippen molar-refractivity contribution in [2.45, 2.75) is 13.8 Å². The normalized spacial score (nSPS) is 10.5. The van der Waals surface area contributed by atoms with Gasteiger partial charge >= 0.3 is 0 Å². The van der Waals surface area contributed by atoms with Crippen LogP contribution in [0.2, 0.25) is 0 Å². The molecule has 1 aromatic carbocycles. The van der Waals surface area contributed by atoms with E-state index in [-0.39, 0.29) is 11.7 Å². The number of halogens is 1. The molecule has 0 saturated heterocycles. The monoisotopic (exact) mass is 368 g/mol. The minimum absolute atomic E-state index is 0.234. The van der Waals surface area contributed by atoms with Gasteiger partial charge in [-0.05, 0) is 31.5 Å². The Morgan fingerprint density at radius 3 is 2.90 bits per heavy atom. The first-order valence-corrected chi connectivity index (χ1v) is 8.08. The van der Waals surface area contributed by atoms with Crippen LogP contribution in [0.1, 0.15) is 22.2 Å². The topological polar surface area (TPSA) is 71.2 Å². The Labute approximate surface area is 136 Å². The van der Waals surface area contributed by atoms with Crippen LogP contribution in [0.15, 0.2) is 22.7 Å². The quantitative estimate of drug-likeness (QED) is 0.865. The molecule has 0 aliphatic rings. The van der Waals surface area contributed by atoms with Crippen molar-refractivity contribution in [3.05, 3.63) is 33.1 Å². The van der Waals surface area contributed by atoms with Gasteiger partial charge in [0, 0.05) is 23.8 Å². The maximum Gasteiger partial charge on any atom is 0.269 e. The number of rotatable bonds is 4. The number of amides is 1. The third-order valence-corrected chi connectivity index (χ3v) is 5.21. The molecule has 1 aromatic heterocycles. The van der Waals surface area contributed by atoms with Crippen molar-refractivity contribution in [1.29, 1.82) is 0 Å². The highest BCUT2D eigenvalue weighted by Crippen LogP contribution is 2.29. The average Bonchev–Trinajstić information content (AvgIpc) is 2.85. The number of carbonyl (C=O) groups excluding carboxylic acids is 1. The van der Waals surface area contributed by atoms with Crippen LogP contribution in [0, 0.1) is 6.92 Å². The smallest absolute Gasteiger partial charge is 0.269 e. The highest BCUT2D eigenvalue weighted by atomic mass is 79.9. The largest absolute Gasteiger partial charge is 0.382 e. The Morgan fingerprint density at radius 1 is 1.52 bits per heavy atom. The summed E-state index contributed by atoms with van der Waals surface area (Å²) in [4.78, 5) is 19.0. The lowest BCUT2D eigenvalue weighted by Gasteiger charge is -2.11. The van der Waals surface area contributed by atoms with Crippen LogP contribution in [-0.2, 0) is 0 Å². The zero-order valence-corrected chi connectivity index (χ0v) is 14.5. The molecule has 0 bridgehead atoms. The third kappa shape index (κ3) is 3.36. The summed E-state index contributed by atoms with van der Waals surface area (Å²) in [5.41, 5.74) is 7.59. The lowest BCUT2D eigenvalue weighted by molar-refractivity contribution is 0.103. The van der Waals surface area contributed by atoms with Gasteiger partial charge in [0.15, 0.2) is 5.13 Å². The van der Waals surface area contributed by atoms with Crippen LogP contribution in [0.5, 0.6) is 0 Å². The Bertz CT molecular complexity index is 671. The molecular weight excluding hydrogens is 352 g/mol. The molecule has 0 unspecified atom stereocenters. The number of nitrogens with two attached hydrogens (primary N) is 1. The van der Waals surface area contributed by atoms with E-state index < -0.39 is 0 Å². The summed E-state index contributed by atoms with van der Waals surface area (Å²) in [5.74, 6) is 0.0300. The second-order valence-corrected chi connectivity index (χ2v) is 6.42. The van der Waals surface area contributed by atoms with Crippen molar-refractivity contribution in [1.82, 2.24) is 4.98 Å². The van der Waals surface area contributed by atoms with E-state index in [0.29, 0.717) is 4.88 Å². The van der Waals surface area contributed by atoms with Crippen molar-refractivity contribution in [2.24, 2.45) is 0 Å². The van der Waals surface area contributed by atoms with E-state index in [9.17, 15) is 4.79 Å². The summed E-state index contributed by atoms with van der Waals surface area (Å²) in [6.45, 7) is 4.76. The molecule has 0 atom stereocenters. The van der Waals surface area contributed by atoms with Gasteiger partial charge in [-0.2, -0.15) is 0 Å². The molecule has 21 heavy (non-hydrogen) atoms. The lowest BCUT2D eigenvalue weighted by atomic mass is 10.2. The Hall–Kier alpha value is -1.60. The van der Waals surface area contributed by atoms with Crippen LogP contribution in [0.25, 0.3) is 0 Å². The van der Waals surface area contributed by atoms with Crippen LogP contribution in [0.3, 0.4) is 0 Å². The fourth-order valence-corrected chi connectivity index (χ4v) is 2.98. The molecule has 1 heterocycles. The highest BCUT2D eigenvalue weighted by molar-refractivity contribution is 9.10. The molecule has 0 aliphatic heterocycles.